The minimum atomic E-state index is -0.127. The monoisotopic (exact) mass is 287 g/mol. The fourth-order valence-corrected chi connectivity index (χ4v) is 1.99. The SMILES string of the molecule is CCCC(CCC)NC(=O)c1ccc(Br)o1. The maximum Gasteiger partial charge on any atom is 0.287 e. The molecule has 1 N–H and O–H groups in total. The first-order valence-electron chi connectivity index (χ1n) is 5.73. The number of amides is 1. The Balaban J connectivity index is 2.54. The second kappa shape index (κ2) is 6.74. The Labute approximate surface area is 105 Å². The Morgan fingerprint density at radius 2 is 2.00 bits per heavy atom. The summed E-state index contributed by atoms with van der Waals surface area (Å²) in [5.74, 6) is 0.238. The highest BCUT2D eigenvalue weighted by Crippen LogP contribution is 2.14. The summed E-state index contributed by atoms with van der Waals surface area (Å²) in [7, 11) is 0. The number of nitrogens with one attached hydrogen (secondary N) is 1. The van der Waals surface area contributed by atoms with E-state index in [2.05, 4.69) is 35.1 Å². The van der Waals surface area contributed by atoms with Crippen LogP contribution < -0.4 is 5.32 Å². The van der Waals surface area contributed by atoms with Crippen LogP contribution in [0.1, 0.15) is 50.1 Å². The number of furan rings is 1. The molecule has 0 radical (unpaired) electrons. The average molecular weight is 288 g/mol. The van der Waals surface area contributed by atoms with E-state index in [1.54, 1.807) is 12.1 Å². The van der Waals surface area contributed by atoms with Crippen molar-refractivity contribution < 1.29 is 9.21 Å². The van der Waals surface area contributed by atoms with Crippen LogP contribution in [0.15, 0.2) is 21.2 Å². The van der Waals surface area contributed by atoms with Gasteiger partial charge in [-0.15, -0.1) is 0 Å². The van der Waals surface area contributed by atoms with Crippen molar-refractivity contribution in [1.29, 1.82) is 0 Å². The van der Waals surface area contributed by atoms with Gasteiger partial charge in [-0.25, -0.2) is 0 Å². The maximum atomic E-state index is 11.8. The summed E-state index contributed by atoms with van der Waals surface area (Å²) >= 11 is 3.18. The predicted molar refractivity (Wildman–Crippen MR) is 67.5 cm³/mol. The zero-order chi connectivity index (χ0) is 12.0. The molecule has 0 unspecified atom stereocenters. The minimum Gasteiger partial charge on any atom is -0.444 e. The number of halogens is 1. The molecule has 4 heteroatoms. The number of carbonyl (C=O) groups is 1. The third-order valence-electron chi connectivity index (χ3n) is 2.41. The van der Waals surface area contributed by atoms with Crippen molar-refractivity contribution in [3.8, 4) is 0 Å². The van der Waals surface area contributed by atoms with Crippen LogP contribution in [-0.2, 0) is 0 Å². The van der Waals surface area contributed by atoms with Gasteiger partial charge in [-0.2, -0.15) is 0 Å². The van der Waals surface area contributed by atoms with Crippen LogP contribution in [-0.4, -0.2) is 11.9 Å². The molecular formula is C12H18BrNO2. The van der Waals surface area contributed by atoms with E-state index in [0.29, 0.717) is 10.4 Å². The largest absolute Gasteiger partial charge is 0.444 e. The van der Waals surface area contributed by atoms with Crippen LogP contribution in [0.2, 0.25) is 0 Å². The predicted octanol–water partition coefficient (Wildman–Crippen LogP) is 3.74. The Kier molecular flexibility index (Phi) is 5.60. The molecule has 1 amide bonds. The summed E-state index contributed by atoms with van der Waals surface area (Å²) < 4.78 is 5.79. The molecule has 0 aromatic carbocycles. The Bertz CT molecular complexity index is 330. The Morgan fingerprint density at radius 3 is 2.44 bits per heavy atom. The van der Waals surface area contributed by atoms with Crippen molar-refractivity contribution in [2.24, 2.45) is 0 Å². The molecule has 1 heterocycles. The first kappa shape index (κ1) is 13.3. The van der Waals surface area contributed by atoms with Crippen LogP contribution in [0.3, 0.4) is 0 Å². The van der Waals surface area contributed by atoms with Gasteiger partial charge >= 0.3 is 0 Å². The summed E-state index contributed by atoms with van der Waals surface area (Å²) in [5, 5.41) is 2.99. The van der Waals surface area contributed by atoms with E-state index in [-0.39, 0.29) is 11.9 Å². The summed E-state index contributed by atoms with van der Waals surface area (Å²) in [6.07, 6.45) is 4.18. The van der Waals surface area contributed by atoms with E-state index in [1.807, 2.05) is 0 Å². The highest BCUT2D eigenvalue weighted by atomic mass is 79.9. The molecule has 0 aliphatic heterocycles. The van der Waals surface area contributed by atoms with Gasteiger partial charge in [-0.1, -0.05) is 26.7 Å². The minimum absolute atomic E-state index is 0.127. The Morgan fingerprint density at radius 1 is 1.38 bits per heavy atom. The molecule has 1 rings (SSSR count). The van der Waals surface area contributed by atoms with Gasteiger partial charge in [0.15, 0.2) is 10.4 Å². The highest BCUT2D eigenvalue weighted by molar-refractivity contribution is 9.10. The van der Waals surface area contributed by atoms with Gasteiger partial charge in [0.2, 0.25) is 0 Å². The molecular weight excluding hydrogens is 270 g/mol. The molecule has 0 aliphatic carbocycles. The smallest absolute Gasteiger partial charge is 0.287 e. The van der Waals surface area contributed by atoms with E-state index in [9.17, 15) is 4.79 Å². The first-order chi connectivity index (χ1) is 7.67. The topological polar surface area (TPSA) is 42.2 Å². The zero-order valence-corrected chi connectivity index (χ0v) is 11.3. The molecule has 1 aromatic heterocycles. The molecule has 0 spiro atoms. The van der Waals surface area contributed by atoms with Crippen LogP contribution in [0.5, 0.6) is 0 Å². The van der Waals surface area contributed by atoms with Crippen molar-refractivity contribution in [2.75, 3.05) is 0 Å². The zero-order valence-electron chi connectivity index (χ0n) is 9.75. The van der Waals surface area contributed by atoms with Crippen LogP contribution in [0, 0.1) is 0 Å². The van der Waals surface area contributed by atoms with Gasteiger partial charge in [0, 0.05) is 6.04 Å². The van der Waals surface area contributed by atoms with Crippen LogP contribution in [0.4, 0.5) is 0 Å². The molecule has 0 saturated carbocycles. The van der Waals surface area contributed by atoms with E-state index < -0.39 is 0 Å². The molecule has 0 fully saturated rings. The second-order valence-electron chi connectivity index (χ2n) is 3.85. The lowest BCUT2D eigenvalue weighted by Crippen LogP contribution is -2.34. The standard InChI is InChI=1S/C12H18BrNO2/c1-3-5-9(6-4-2)14-12(15)10-7-8-11(13)16-10/h7-9H,3-6H2,1-2H3,(H,14,15). The van der Waals surface area contributed by atoms with Crippen molar-refractivity contribution in [1.82, 2.24) is 5.32 Å². The van der Waals surface area contributed by atoms with Gasteiger partial charge in [0.25, 0.3) is 5.91 Å². The Hall–Kier alpha value is -0.770. The van der Waals surface area contributed by atoms with Gasteiger partial charge in [-0.05, 0) is 40.9 Å². The molecule has 0 aliphatic rings. The van der Waals surface area contributed by atoms with E-state index in [1.165, 1.54) is 0 Å². The van der Waals surface area contributed by atoms with Gasteiger partial charge in [0.05, 0.1) is 0 Å². The maximum absolute atomic E-state index is 11.8. The first-order valence-corrected chi connectivity index (χ1v) is 6.52. The summed E-state index contributed by atoms with van der Waals surface area (Å²) in [5.41, 5.74) is 0. The van der Waals surface area contributed by atoms with Gasteiger partial charge in [0.1, 0.15) is 0 Å². The highest BCUT2D eigenvalue weighted by Gasteiger charge is 2.14. The van der Waals surface area contributed by atoms with E-state index in [0.717, 1.165) is 25.7 Å². The van der Waals surface area contributed by atoms with Gasteiger partial charge in [-0.3, -0.25) is 4.79 Å². The third kappa shape index (κ3) is 4.00. The fraction of sp³-hybridized carbons (Fsp3) is 0.583. The molecule has 3 nitrogen and oxygen atoms in total. The molecule has 16 heavy (non-hydrogen) atoms. The average Bonchev–Trinajstić information content (AvgIpc) is 2.65. The molecule has 90 valence electrons. The van der Waals surface area contributed by atoms with Crippen molar-refractivity contribution in [2.45, 2.75) is 45.6 Å². The van der Waals surface area contributed by atoms with E-state index >= 15 is 0 Å². The lowest BCUT2D eigenvalue weighted by Gasteiger charge is -2.16. The summed E-state index contributed by atoms with van der Waals surface area (Å²) in [6, 6.07) is 3.66. The number of carbonyl (C=O) groups excluding carboxylic acids is 1. The van der Waals surface area contributed by atoms with Crippen LogP contribution >= 0.6 is 15.9 Å². The molecule has 1 aromatic rings. The third-order valence-corrected chi connectivity index (χ3v) is 2.83. The molecule has 0 bridgehead atoms. The van der Waals surface area contributed by atoms with Crippen molar-refractivity contribution >= 4 is 21.8 Å². The fourth-order valence-electron chi connectivity index (χ4n) is 1.68. The summed E-state index contributed by atoms with van der Waals surface area (Å²) in [6.45, 7) is 4.25. The normalized spacial score (nSPS) is 10.8. The van der Waals surface area contributed by atoms with Crippen molar-refractivity contribution in [3.05, 3.63) is 22.6 Å². The number of hydrogen-bond donors (Lipinski definition) is 1. The van der Waals surface area contributed by atoms with Gasteiger partial charge < -0.3 is 9.73 Å². The lowest BCUT2D eigenvalue weighted by molar-refractivity contribution is 0.0903. The quantitative estimate of drug-likeness (QED) is 0.866. The molecule has 0 saturated heterocycles. The second-order valence-corrected chi connectivity index (χ2v) is 4.63. The summed E-state index contributed by atoms with van der Waals surface area (Å²) in [4.78, 5) is 11.8. The van der Waals surface area contributed by atoms with Crippen molar-refractivity contribution in [3.63, 3.8) is 0 Å². The number of hydrogen-bond acceptors (Lipinski definition) is 2. The van der Waals surface area contributed by atoms with E-state index in [4.69, 9.17) is 4.42 Å². The molecule has 0 atom stereocenters. The van der Waals surface area contributed by atoms with Crippen LogP contribution in [0.25, 0.3) is 0 Å². The lowest BCUT2D eigenvalue weighted by atomic mass is 10.1. The number of rotatable bonds is 6.